The van der Waals surface area contributed by atoms with Crippen molar-refractivity contribution < 1.29 is 14.9 Å². The molecule has 1 fully saturated rings. The SMILES string of the molecule is OC1(c2cccc(Cl)c2)OO1. The van der Waals surface area contributed by atoms with Gasteiger partial charge in [0, 0.05) is 10.6 Å². The molecule has 0 amide bonds. The van der Waals surface area contributed by atoms with E-state index >= 15 is 0 Å². The van der Waals surface area contributed by atoms with Gasteiger partial charge in [-0.05, 0) is 12.1 Å². The van der Waals surface area contributed by atoms with Crippen LogP contribution in [0.3, 0.4) is 0 Å². The quantitative estimate of drug-likeness (QED) is 0.515. The Kier molecular flexibility index (Phi) is 1.40. The number of hydrogen-bond donors (Lipinski definition) is 1. The summed E-state index contributed by atoms with van der Waals surface area (Å²) in [7, 11) is 0. The Labute approximate surface area is 68.0 Å². The Morgan fingerprint density at radius 1 is 1.36 bits per heavy atom. The van der Waals surface area contributed by atoms with Crippen LogP contribution >= 0.6 is 11.6 Å². The molecule has 3 nitrogen and oxygen atoms in total. The Balaban J connectivity index is 2.38. The van der Waals surface area contributed by atoms with Gasteiger partial charge in [0.05, 0.1) is 0 Å². The summed E-state index contributed by atoms with van der Waals surface area (Å²) >= 11 is 5.66. The van der Waals surface area contributed by atoms with Crippen LogP contribution < -0.4 is 0 Å². The van der Waals surface area contributed by atoms with Crippen LogP contribution in [-0.4, -0.2) is 5.11 Å². The van der Waals surface area contributed by atoms with Crippen molar-refractivity contribution >= 4 is 11.6 Å². The zero-order valence-electron chi connectivity index (χ0n) is 5.45. The van der Waals surface area contributed by atoms with Gasteiger partial charge < -0.3 is 5.11 Å². The molecule has 1 aromatic rings. The van der Waals surface area contributed by atoms with Crippen molar-refractivity contribution in [2.24, 2.45) is 0 Å². The van der Waals surface area contributed by atoms with Crippen molar-refractivity contribution in [3.63, 3.8) is 0 Å². The first-order valence-corrected chi connectivity index (χ1v) is 3.44. The summed E-state index contributed by atoms with van der Waals surface area (Å²) in [6.07, 6.45) is 0. The van der Waals surface area contributed by atoms with Crippen molar-refractivity contribution in [2.45, 2.75) is 5.97 Å². The molecule has 1 N–H and O–H groups in total. The highest BCUT2D eigenvalue weighted by molar-refractivity contribution is 6.30. The lowest BCUT2D eigenvalue weighted by molar-refractivity contribution is 0.0264. The van der Waals surface area contributed by atoms with E-state index in [-0.39, 0.29) is 0 Å². The molecule has 0 aromatic heterocycles. The fourth-order valence-corrected chi connectivity index (χ4v) is 1.01. The molecule has 0 aliphatic carbocycles. The van der Waals surface area contributed by atoms with Gasteiger partial charge in [0.1, 0.15) is 0 Å². The first-order valence-electron chi connectivity index (χ1n) is 3.06. The summed E-state index contributed by atoms with van der Waals surface area (Å²) in [4.78, 5) is 8.67. The van der Waals surface area contributed by atoms with Crippen LogP contribution in [0.1, 0.15) is 5.56 Å². The first kappa shape index (κ1) is 7.06. The van der Waals surface area contributed by atoms with E-state index in [4.69, 9.17) is 11.6 Å². The van der Waals surface area contributed by atoms with Crippen LogP contribution in [-0.2, 0) is 15.7 Å². The summed E-state index contributed by atoms with van der Waals surface area (Å²) in [5, 5.41) is 9.76. The smallest absolute Gasteiger partial charge is 0.336 e. The summed E-state index contributed by atoms with van der Waals surface area (Å²) in [5.74, 6) is -1.55. The van der Waals surface area contributed by atoms with Crippen molar-refractivity contribution in [3.8, 4) is 0 Å². The normalized spacial score (nSPS) is 19.8. The Morgan fingerprint density at radius 2 is 2.09 bits per heavy atom. The average molecular weight is 173 g/mol. The van der Waals surface area contributed by atoms with E-state index in [1.54, 1.807) is 24.3 Å². The van der Waals surface area contributed by atoms with E-state index < -0.39 is 5.97 Å². The predicted octanol–water partition coefficient (Wildman–Crippen LogP) is 1.40. The highest BCUT2D eigenvalue weighted by Crippen LogP contribution is 2.37. The molecule has 11 heavy (non-hydrogen) atoms. The molecule has 0 unspecified atom stereocenters. The molecule has 58 valence electrons. The summed E-state index contributed by atoms with van der Waals surface area (Å²) < 4.78 is 0. The third-order valence-corrected chi connectivity index (χ3v) is 1.67. The maximum atomic E-state index is 9.22. The van der Waals surface area contributed by atoms with E-state index in [9.17, 15) is 5.11 Å². The van der Waals surface area contributed by atoms with Crippen molar-refractivity contribution in [1.29, 1.82) is 0 Å². The largest absolute Gasteiger partial charge is 0.365 e. The monoisotopic (exact) mass is 172 g/mol. The second kappa shape index (κ2) is 2.19. The van der Waals surface area contributed by atoms with Crippen LogP contribution in [0.4, 0.5) is 0 Å². The highest BCUT2D eigenvalue weighted by atomic mass is 35.5. The summed E-state index contributed by atoms with van der Waals surface area (Å²) in [5.41, 5.74) is 0.505. The molecule has 0 bridgehead atoms. The van der Waals surface area contributed by atoms with Crippen molar-refractivity contribution in [3.05, 3.63) is 34.9 Å². The molecule has 0 saturated carbocycles. The molecule has 1 aliphatic heterocycles. The molecule has 4 heteroatoms. The van der Waals surface area contributed by atoms with Gasteiger partial charge in [0.2, 0.25) is 0 Å². The maximum absolute atomic E-state index is 9.22. The van der Waals surface area contributed by atoms with E-state index in [0.717, 1.165) is 0 Å². The fraction of sp³-hybridized carbons (Fsp3) is 0.143. The molecule has 0 radical (unpaired) electrons. The van der Waals surface area contributed by atoms with Crippen LogP contribution in [0.5, 0.6) is 0 Å². The van der Waals surface area contributed by atoms with Gasteiger partial charge in [-0.1, -0.05) is 23.7 Å². The molecule has 2 rings (SSSR count). The third-order valence-electron chi connectivity index (χ3n) is 1.43. The summed E-state index contributed by atoms with van der Waals surface area (Å²) in [6, 6.07) is 6.66. The van der Waals surface area contributed by atoms with Crippen LogP contribution in [0.2, 0.25) is 5.02 Å². The maximum Gasteiger partial charge on any atom is 0.365 e. The van der Waals surface area contributed by atoms with E-state index in [2.05, 4.69) is 9.78 Å². The minimum Gasteiger partial charge on any atom is -0.336 e. The lowest BCUT2D eigenvalue weighted by Gasteiger charge is -1.98. The average Bonchev–Trinajstić information content (AvgIpc) is 2.70. The summed E-state index contributed by atoms with van der Waals surface area (Å²) in [6.45, 7) is 0. The van der Waals surface area contributed by atoms with Gasteiger partial charge in [-0.2, -0.15) is 9.78 Å². The number of rotatable bonds is 1. The minimum atomic E-state index is -1.55. The molecular formula is C7H5ClO3. The van der Waals surface area contributed by atoms with Crippen LogP contribution in [0, 0.1) is 0 Å². The van der Waals surface area contributed by atoms with E-state index in [1.807, 2.05) is 0 Å². The zero-order chi connectivity index (χ0) is 7.90. The zero-order valence-corrected chi connectivity index (χ0v) is 6.21. The van der Waals surface area contributed by atoms with E-state index in [1.165, 1.54) is 0 Å². The molecule has 1 heterocycles. The van der Waals surface area contributed by atoms with Gasteiger partial charge in [0.15, 0.2) is 0 Å². The molecule has 1 saturated heterocycles. The van der Waals surface area contributed by atoms with Crippen molar-refractivity contribution in [1.82, 2.24) is 0 Å². The lowest BCUT2D eigenvalue weighted by Crippen LogP contribution is -2.04. The topological polar surface area (TPSA) is 45.3 Å². The third kappa shape index (κ3) is 1.23. The Hall–Kier alpha value is -0.610. The molecule has 0 atom stereocenters. The predicted molar refractivity (Wildman–Crippen MR) is 37.5 cm³/mol. The molecular weight excluding hydrogens is 168 g/mol. The Morgan fingerprint density at radius 3 is 2.64 bits per heavy atom. The van der Waals surface area contributed by atoms with Crippen molar-refractivity contribution in [2.75, 3.05) is 0 Å². The highest BCUT2D eigenvalue weighted by Gasteiger charge is 2.49. The molecule has 1 aromatic carbocycles. The van der Waals surface area contributed by atoms with E-state index in [0.29, 0.717) is 10.6 Å². The Bertz CT molecular complexity index is 283. The van der Waals surface area contributed by atoms with Gasteiger partial charge >= 0.3 is 5.97 Å². The number of halogens is 1. The van der Waals surface area contributed by atoms with Gasteiger partial charge in [-0.3, -0.25) is 0 Å². The molecule has 0 spiro atoms. The fourth-order valence-electron chi connectivity index (χ4n) is 0.821. The minimum absolute atomic E-state index is 0.505. The number of hydrogen-bond acceptors (Lipinski definition) is 3. The van der Waals surface area contributed by atoms with Gasteiger partial charge in [-0.25, -0.2) is 0 Å². The van der Waals surface area contributed by atoms with Crippen LogP contribution in [0.25, 0.3) is 0 Å². The standard InChI is InChI=1S/C7H5ClO3/c8-6-3-1-2-5(4-6)7(9)10-11-7/h1-4,9H. The lowest BCUT2D eigenvalue weighted by atomic mass is 10.2. The van der Waals surface area contributed by atoms with Gasteiger partial charge in [0.25, 0.3) is 0 Å². The number of aliphatic hydroxyl groups is 1. The van der Waals surface area contributed by atoms with Crippen LogP contribution in [0.15, 0.2) is 24.3 Å². The van der Waals surface area contributed by atoms with Gasteiger partial charge in [-0.15, -0.1) is 0 Å². The first-order chi connectivity index (χ1) is 5.21. The molecule has 1 aliphatic rings. The number of benzene rings is 1. The second-order valence-electron chi connectivity index (χ2n) is 2.26. The second-order valence-corrected chi connectivity index (χ2v) is 2.70.